The summed E-state index contributed by atoms with van der Waals surface area (Å²) in [5.41, 5.74) is 2.74. The highest BCUT2D eigenvalue weighted by Crippen LogP contribution is 2.45. The lowest BCUT2D eigenvalue weighted by atomic mass is 9.85. The molecular formula is C30H30ClNO5. The zero-order chi connectivity index (χ0) is 27.1. The summed E-state index contributed by atoms with van der Waals surface area (Å²) in [5.74, 6) is -1.57. The molecule has 1 amide bonds. The van der Waals surface area contributed by atoms with Crippen LogP contribution in [0.3, 0.4) is 0 Å². The number of nitrogens with zero attached hydrogens (tertiary/aromatic N) is 1. The molecule has 2 N–H and O–H groups in total. The second kappa shape index (κ2) is 9.94. The van der Waals surface area contributed by atoms with E-state index in [1.54, 1.807) is 18.2 Å². The van der Waals surface area contributed by atoms with Gasteiger partial charge in [0.05, 0.1) is 23.9 Å². The number of hydrogen-bond acceptors (Lipinski definition) is 5. The fourth-order valence-electron chi connectivity index (χ4n) is 4.52. The Balaban J connectivity index is 1.94. The summed E-state index contributed by atoms with van der Waals surface area (Å²) in [4.78, 5) is 28.0. The van der Waals surface area contributed by atoms with Crippen LogP contribution in [-0.2, 0) is 15.0 Å². The van der Waals surface area contributed by atoms with Gasteiger partial charge in [0, 0.05) is 10.6 Å². The fraction of sp³-hybridized carbons (Fsp3) is 0.267. The number of rotatable bonds is 5. The largest absolute Gasteiger partial charge is 0.507 e. The molecule has 0 saturated carbocycles. The molecule has 0 bridgehead atoms. The van der Waals surface area contributed by atoms with Gasteiger partial charge in [-0.05, 0) is 72.4 Å². The van der Waals surface area contributed by atoms with Crippen molar-refractivity contribution in [3.8, 4) is 11.5 Å². The van der Waals surface area contributed by atoms with E-state index in [0.717, 1.165) is 11.1 Å². The maximum Gasteiger partial charge on any atom is 0.300 e. The number of benzene rings is 3. The van der Waals surface area contributed by atoms with E-state index in [-0.39, 0.29) is 28.2 Å². The average molecular weight is 520 g/mol. The fourth-order valence-corrected chi connectivity index (χ4v) is 4.69. The highest BCUT2D eigenvalue weighted by atomic mass is 35.5. The van der Waals surface area contributed by atoms with Crippen LogP contribution in [0.15, 0.2) is 66.2 Å². The van der Waals surface area contributed by atoms with Gasteiger partial charge in [-0.1, -0.05) is 56.6 Å². The minimum Gasteiger partial charge on any atom is -0.507 e. The molecule has 1 aliphatic rings. The van der Waals surface area contributed by atoms with E-state index in [4.69, 9.17) is 16.3 Å². The minimum atomic E-state index is -0.981. The van der Waals surface area contributed by atoms with Gasteiger partial charge in [0.25, 0.3) is 11.7 Å². The number of aromatic hydroxyl groups is 1. The zero-order valence-corrected chi connectivity index (χ0v) is 22.3. The number of ketones is 1. The lowest BCUT2D eigenvalue weighted by Gasteiger charge is -2.27. The van der Waals surface area contributed by atoms with E-state index < -0.39 is 17.7 Å². The Morgan fingerprint density at radius 2 is 1.70 bits per heavy atom. The molecule has 0 radical (unpaired) electrons. The van der Waals surface area contributed by atoms with Gasteiger partial charge in [-0.15, -0.1) is 0 Å². The number of aliphatic hydroxyl groups excluding tert-OH is 1. The molecular weight excluding hydrogens is 490 g/mol. The van der Waals surface area contributed by atoms with Crippen molar-refractivity contribution in [2.24, 2.45) is 0 Å². The minimum absolute atomic E-state index is 0.0727. The molecule has 3 aromatic rings. The van der Waals surface area contributed by atoms with E-state index >= 15 is 0 Å². The zero-order valence-electron chi connectivity index (χ0n) is 21.5. The Kier molecular flexibility index (Phi) is 7.07. The molecule has 0 aromatic heterocycles. The number of anilines is 1. The number of hydrogen-bond donors (Lipinski definition) is 2. The molecule has 1 atom stereocenters. The van der Waals surface area contributed by atoms with Gasteiger partial charge in [0.2, 0.25) is 0 Å². The van der Waals surface area contributed by atoms with Crippen LogP contribution < -0.4 is 9.64 Å². The smallest absolute Gasteiger partial charge is 0.300 e. The third-order valence-electron chi connectivity index (χ3n) is 6.48. The van der Waals surface area contributed by atoms with Gasteiger partial charge in [-0.2, -0.15) is 0 Å². The van der Waals surface area contributed by atoms with Crippen molar-refractivity contribution in [2.45, 2.75) is 46.1 Å². The molecule has 192 valence electrons. The van der Waals surface area contributed by atoms with Crippen molar-refractivity contribution in [3.63, 3.8) is 0 Å². The Morgan fingerprint density at radius 3 is 2.30 bits per heavy atom. The van der Waals surface area contributed by atoms with Crippen LogP contribution in [-0.4, -0.2) is 28.5 Å². The first-order chi connectivity index (χ1) is 17.4. The monoisotopic (exact) mass is 519 g/mol. The second-order valence-electron chi connectivity index (χ2n) is 10.1. The van der Waals surface area contributed by atoms with Crippen molar-refractivity contribution in [1.82, 2.24) is 0 Å². The lowest BCUT2D eigenvalue weighted by Crippen LogP contribution is -2.29. The molecule has 0 aliphatic carbocycles. The van der Waals surface area contributed by atoms with Crippen LogP contribution in [0, 0.1) is 6.92 Å². The summed E-state index contributed by atoms with van der Waals surface area (Å²) in [6, 6.07) is 15.9. The van der Waals surface area contributed by atoms with Crippen LogP contribution in [0.1, 0.15) is 56.0 Å². The third kappa shape index (κ3) is 4.94. The third-order valence-corrected chi connectivity index (χ3v) is 6.72. The van der Waals surface area contributed by atoms with Gasteiger partial charge in [0.15, 0.2) is 0 Å². The molecule has 1 saturated heterocycles. The number of phenolic OH excluding ortho intramolecular Hbond substituents is 1. The Labute approximate surface area is 221 Å². The number of aryl methyl sites for hydroxylation is 1. The molecule has 1 aliphatic heterocycles. The first-order valence-corrected chi connectivity index (χ1v) is 12.5. The molecule has 1 fully saturated rings. The van der Waals surface area contributed by atoms with Crippen molar-refractivity contribution < 1.29 is 24.5 Å². The number of aliphatic hydroxyl groups is 1. The molecule has 7 heteroatoms. The second-order valence-corrected chi connectivity index (χ2v) is 10.5. The van der Waals surface area contributed by atoms with Gasteiger partial charge >= 0.3 is 0 Å². The molecule has 1 unspecified atom stereocenters. The maximum absolute atomic E-state index is 13.4. The highest BCUT2D eigenvalue weighted by Gasteiger charge is 2.47. The topological polar surface area (TPSA) is 87.1 Å². The van der Waals surface area contributed by atoms with Crippen molar-refractivity contribution in [2.75, 3.05) is 11.5 Å². The molecule has 0 spiro atoms. The van der Waals surface area contributed by atoms with E-state index in [9.17, 15) is 19.8 Å². The number of phenols is 1. The first kappa shape index (κ1) is 26.3. The SMILES string of the molecule is CCOc1ccc(/C(O)=C2\C(=O)C(=O)N(c3cc(Cl)ccc3O)C2c2ccc(C(C)(C)C)cc2)cc1C. The molecule has 3 aromatic carbocycles. The number of carbonyl (C=O) groups is 2. The lowest BCUT2D eigenvalue weighted by molar-refractivity contribution is -0.132. The normalized spacial score (nSPS) is 17.4. The number of halogens is 1. The van der Waals surface area contributed by atoms with Crippen LogP contribution in [0.25, 0.3) is 5.76 Å². The standard InChI is InChI=1S/C30H30ClNO5/c1-6-37-24-14-9-19(15-17(24)2)27(34)25-26(18-7-10-20(11-8-18)30(3,4)5)32(29(36)28(25)35)22-16-21(31)12-13-23(22)33/h7-16,26,33-34H,6H2,1-5H3/b27-25+. The summed E-state index contributed by atoms with van der Waals surface area (Å²) in [5, 5.41) is 22.3. The van der Waals surface area contributed by atoms with Crippen molar-refractivity contribution in [3.05, 3.63) is 93.5 Å². The van der Waals surface area contributed by atoms with Crippen LogP contribution >= 0.6 is 11.6 Å². The molecule has 4 rings (SSSR count). The Bertz CT molecular complexity index is 1400. The van der Waals surface area contributed by atoms with Crippen molar-refractivity contribution in [1.29, 1.82) is 0 Å². The van der Waals surface area contributed by atoms with Gasteiger partial charge < -0.3 is 14.9 Å². The summed E-state index contributed by atoms with van der Waals surface area (Å²) in [6.45, 7) is 10.5. The number of amides is 1. The van der Waals surface area contributed by atoms with E-state index in [0.29, 0.717) is 28.5 Å². The number of carbonyl (C=O) groups excluding carboxylic acids is 2. The summed E-state index contributed by atoms with van der Waals surface area (Å²) in [6.07, 6.45) is 0. The predicted molar refractivity (Wildman–Crippen MR) is 145 cm³/mol. The van der Waals surface area contributed by atoms with Crippen LogP contribution in [0.5, 0.6) is 11.5 Å². The quantitative estimate of drug-likeness (QED) is 0.223. The van der Waals surface area contributed by atoms with Gasteiger partial charge in [-0.3, -0.25) is 14.5 Å². The summed E-state index contributed by atoms with van der Waals surface area (Å²) in [7, 11) is 0. The predicted octanol–water partition coefficient (Wildman–Crippen LogP) is 6.68. The van der Waals surface area contributed by atoms with Crippen LogP contribution in [0.4, 0.5) is 5.69 Å². The molecule has 6 nitrogen and oxygen atoms in total. The van der Waals surface area contributed by atoms with Gasteiger partial charge in [0.1, 0.15) is 17.3 Å². The van der Waals surface area contributed by atoms with Gasteiger partial charge in [-0.25, -0.2) is 0 Å². The summed E-state index contributed by atoms with van der Waals surface area (Å²) >= 11 is 6.19. The first-order valence-electron chi connectivity index (χ1n) is 12.1. The van der Waals surface area contributed by atoms with Crippen molar-refractivity contribution >= 4 is 34.7 Å². The van der Waals surface area contributed by atoms with E-state index in [2.05, 4.69) is 20.8 Å². The Hall–Kier alpha value is -3.77. The van der Waals surface area contributed by atoms with E-state index in [1.165, 1.54) is 23.1 Å². The van der Waals surface area contributed by atoms with E-state index in [1.807, 2.05) is 38.1 Å². The number of ether oxygens (including phenoxy) is 1. The number of Topliss-reactive ketones (excluding diaryl/α,β-unsaturated/α-hetero) is 1. The Morgan fingerprint density at radius 1 is 1.03 bits per heavy atom. The molecule has 1 heterocycles. The molecule has 37 heavy (non-hydrogen) atoms. The van der Waals surface area contributed by atoms with Crippen LogP contribution in [0.2, 0.25) is 5.02 Å². The highest BCUT2D eigenvalue weighted by molar-refractivity contribution is 6.52. The summed E-state index contributed by atoms with van der Waals surface area (Å²) < 4.78 is 5.60. The average Bonchev–Trinajstić information content (AvgIpc) is 3.11. The maximum atomic E-state index is 13.4.